The van der Waals surface area contributed by atoms with Gasteiger partial charge in [0.05, 0.1) is 12.2 Å². The van der Waals surface area contributed by atoms with Crippen LogP contribution in [0.4, 0.5) is 0 Å². The summed E-state index contributed by atoms with van der Waals surface area (Å²) in [6.07, 6.45) is 3.81. The molecule has 2 aliphatic heterocycles. The number of hydrogen-bond donors (Lipinski definition) is 2. The summed E-state index contributed by atoms with van der Waals surface area (Å²) in [5, 5.41) is 3.39. The largest absolute Gasteiger partial charge is 0.336 e. The maximum absolute atomic E-state index is 13.1. The fourth-order valence-corrected chi connectivity index (χ4v) is 4.75. The van der Waals surface area contributed by atoms with Crippen LogP contribution < -0.4 is 10.9 Å². The molecule has 3 heterocycles. The Kier molecular flexibility index (Phi) is 3.90. The van der Waals surface area contributed by atoms with E-state index in [9.17, 15) is 9.59 Å². The lowest BCUT2D eigenvalue weighted by Gasteiger charge is -2.30. The molecule has 2 aromatic rings. The van der Waals surface area contributed by atoms with Crippen molar-refractivity contribution in [1.29, 1.82) is 0 Å². The van der Waals surface area contributed by atoms with Gasteiger partial charge in [0.2, 0.25) is 5.91 Å². The number of carbonyl (C=O) groups is 1. The number of piperidine rings is 1. The quantitative estimate of drug-likeness (QED) is 0.850. The summed E-state index contributed by atoms with van der Waals surface area (Å²) in [6.45, 7) is 3.10. The van der Waals surface area contributed by atoms with E-state index in [0.29, 0.717) is 25.3 Å². The molecule has 1 spiro atoms. The standard InChI is InChI=1S/C21H24N4O2/c26-19-15-6-11-25(20(27)16-12-21(16)7-9-22-10-8-21)13-17(15)23-18(24-19)14-4-2-1-3-5-14/h1-5,16,22H,6-13H2,(H,23,24,26)/t16-/m1/s1. The Hall–Kier alpha value is -2.47. The summed E-state index contributed by atoms with van der Waals surface area (Å²) in [5.74, 6) is 0.998. The topological polar surface area (TPSA) is 78.1 Å². The number of nitrogens with zero attached hydrogens (tertiary/aromatic N) is 2. The van der Waals surface area contributed by atoms with Gasteiger partial charge < -0.3 is 15.2 Å². The van der Waals surface area contributed by atoms with Gasteiger partial charge >= 0.3 is 0 Å². The van der Waals surface area contributed by atoms with Crippen molar-refractivity contribution in [2.24, 2.45) is 11.3 Å². The van der Waals surface area contributed by atoms with Crippen LogP contribution in [0.5, 0.6) is 0 Å². The second-order valence-corrected chi connectivity index (χ2v) is 8.08. The van der Waals surface area contributed by atoms with Gasteiger partial charge in [0.15, 0.2) is 0 Å². The summed E-state index contributed by atoms with van der Waals surface area (Å²) >= 11 is 0. The van der Waals surface area contributed by atoms with E-state index < -0.39 is 0 Å². The zero-order valence-corrected chi connectivity index (χ0v) is 15.3. The van der Waals surface area contributed by atoms with E-state index in [4.69, 9.17) is 4.98 Å². The number of carbonyl (C=O) groups excluding carboxylic acids is 1. The predicted octanol–water partition coefficient (Wildman–Crippen LogP) is 1.71. The zero-order valence-electron chi connectivity index (χ0n) is 15.3. The first-order chi connectivity index (χ1) is 13.2. The van der Waals surface area contributed by atoms with Gasteiger partial charge in [-0.3, -0.25) is 9.59 Å². The summed E-state index contributed by atoms with van der Waals surface area (Å²) in [7, 11) is 0. The van der Waals surface area contributed by atoms with Crippen LogP contribution in [0.2, 0.25) is 0 Å². The number of rotatable bonds is 2. The predicted molar refractivity (Wildman–Crippen MR) is 102 cm³/mol. The van der Waals surface area contributed by atoms with Crippen molar-refractivity contribution in [3.05, 3.63) is 51.9 Å². The molecule has 1 amide bonds. The van der Waals surface area contributed by atoms with E-state index in [2.05, 4.69) is 10.3 Å². The lowest BCUT2D eigenvalue weighted by atomic mass is 9.91. The third-order valence-electron chi connectivity index (χ3n) is 6.52. The van der Waals surface area contributed by atoms with Crippen molar-refractivity contribution >= 4 is 5.91 Å². The fourth-order valence-electron chi connectivity index (χ4n) is 4.75. The summed E-state index contributed by atoms with van der Waals surface area (Å²) in [6, 6.07) is 9.65. The summed E-state index contributed by atoms with van der Waals surface area (Å²) < 4.78 is 0. The van der Waals surface area contributed by atoms with Crippen LogP contribution in [0.15, 0.2) is 35.1 Å². The Balaban J connectivity index is 1.38. The molecule has 27 heavy (non-hydrogen) atoms. The number of H-pyrrole nitrogens is 1. The number of nitrogens with one attached hydrogen (secondary N) is 2. The lowest BCUT2D eigenvalue weighted by Crippen LogP contribution is -2.41. The molecule has 3 aliphatic rings. The maximum atomic E-state index is 13.1. The lowest BCUT2D eigenvalue weighted by molar-refractivity contribution is -0.134. The summed E-state index contributed by atoms with van der Waals surface area (Å²) in [5.41, 5.74) is 2.52. The van der Waals surface area contributed by atoms with Crippen LogP contribution in [0.3, 0.4) is 0 Å². The normalized spacial score (nSPS) is 23.1. The molecule has 1 saturated carbocycles. The Bertz CT molecular complexity index is 931. The number of hydrogen-bond acceptors (Lipinski definition) is 4. The molecular weight excluding hydrogens is 340 g/mol. The van der Waals surface area contributed by atoms with Crippen molar-refractivity contribution in [3.8, 4) is 11.4 Å². The molecule has 6 nitrogen and oxygen atoms in total. The van der Waals surface area contributed by atoms with Crippen molar-refractivity contribution in [1.82, 2.24) is 20.2 Å². The molecule has 0 unspecified atom stereocenters. The molecule has 2 N–H and O–H groups in total. The SMILES string of the molecule is O=C([C@H]1CC12CCNCC2)N1CCc2c(nc(-c3ccccc3)[nH]c2=O)C1. The van der Waals surface area contributed by atoms with Crippen molar-refractivity contribution < 1.29 is 4.79 Å². The molecule has 1 atom stereocenters. The number of fused-ring (bicyclic) bond motifs is 1. The molecule has 0 radical (unpaired) electrons. The van der Waals surface area contributed by atoms with Crippen LogP contribution in [0.1, 0.15) is 30.5 Å². The minimum atomic E-state index is -0.0767. The Labute approximate surface area is 158 Å². The highest BCUT2D eigenvalue weighted by Crippen LogP contribution is 2.59. The molecule has 5 rings (SSSR count). The smallest absolute Gasteiger partial charge is 0.254 e. The molecular formula is C21H24N4O2. The zero-order chi connectivity index (χ0) is 18.4. The number of aromatic nitrogens is 2. The van der Waals surface area contributed by atoms with E-state index in [0.717, 1.165) is 49.2 Å². The Morgan fingerprint density at radius 1 is 1.19 bits per heavy atom. The van der Waals surface area contributed by atoms with Gasteiger partial charge in [-0.1, -0.05) is 30.3 Å². The molecule has 1 aromatic carbocycles. The minimum Gasteiger partial charge on any atom is -0.336 e. The molecule has 140 valence electrons. The van der Waals surface area contributed by atoms with Gasteiger partial charge in [-0.2, -0.15) is 0 Å². The van der Waals surface area contributed by atoms with Crippen molar-refractivity contribution in [2.45, 2.75) is 32.2 Å². The second kappa shape index (κ2) is 6.30. The van der Waals surface area contributed by atoms with E-state index >= 15 is 0 Å². The van der Waals surface area contributed by atoms with Gasteiger partial charge in [-0.15, -0.1) is 0 Å². The van der Waals surface area contributed by atoms with Gasteiger partial charge in [0, 0.05) is 23.6 Å². The van der Waals surface area contributed by atoms with Crippen LogP contribution in [-0.2, 0) is 17.8 Å². The van der Waals surface area contributed by atoms with Crippen LogP contribution in [0, 0.1) is 11.3 Å². The monoisotopic (exact) mass is 364 g/mol. The van der Waals surface area contributed by atoms with Crippen LogP contribution in [0.25, 0.3) is 11.4 Å². The van der Waals surface area contributed by atoms with Crippen molar-refractivity contribution in [2.75, 3.05) is 19.6 Å². The number of aromatic amines is 1. The van der Waals surface area contributed by atoms with E-state index in [1.54, 1.807) is 0 Å². The first-order valence-electron chi connectivity index (χ1n) is 9.83. The Morgan fingerprint density at radius 3 is 2.74 bits per heavy atom. The van der Waals surface area contributed by atoms with Gasteiger partial charge in [-0.25, -0.2) is 4.98 Å². The molecule has 1 aliphatic carbocycles. The van der Waals surface area contributed by atoms with Crippen LogP contribution in [-0.4, -0.2) is 40.4 Å². The summed E-state index contributed by atoms with van der Waals surface area (Å²) in [4.78, 5) is 35.1. The maximum Gasteiger partial charge on any atom is 0.254 e. The average molecular weight is 364 g/mol. The average Bonchev–Trinajstić information content (AvgIpc) is 3.40. The van der Waals surface area contributed by atoms with Crippen LogP contribution >= 0.6 is 0 Å². The molecule has 1 aromatic heterocycles. The van der Waals surface area contributed by atoms with E-state index in [1.807, 2.05) is 35.2 Å². The third kappa shape index (κ3) is 2.88. The van der Waals surface area contributed by atoms with Gasteiger partial charge in [0.1, 0.15) is 5.82 Å². The minimum absolute atomic E-state index is 0.0767. The molecule has 1 saturated heterocycles. The molecule has 2 fully saturated rings. The Morgan fingerprint density at radius 2 is 1.96 bits per heavy atom. The first-order valence-corrected chi connectivity index (χ1v) is 9.83. The molecule has 0 bridgehead atoms. The second-order valence-electron chi connectivity index (χ2n) is 8.08. The van der Waals surface area contributed by atoms with Crippen molar-refractivity contribution in [3.63, 3.8) is 0 Å². The highest BCUT2D eigenvalue weighted by Gasteiger charge is 2.58. The molecule has 6 heteroatoms. The highest BCUT2D eigenvalue weighted by molar-refractivity contribution is 5.83. The van der Waals surface area contributed by atoms with Gasteiger partial charge in [0.25, 0.3) is 5.56 Å². The van der Waals surface area contributed by atoms with E-state index in [1.165, 1.54) is 0 Å². The number of benzene rings is 1. The highest BCUT2D eigenvalue weighted by atomic mass is 16.2. The van der Waals surface area contributed by atoms with E-state index in [-0.39, 0.29) is 22.8 Å². The third-order valence-corrected chi connectivity index (χ3v) is 6.52. The van der Waals surface area contributed by atoms with Gasteiger partial charge in [-0.05, 0) is 44.2 Å². The fraction of sp³-hybridized carbons (Fsp3) is 0.476. The number of amides is 1. The first kappa shape index (κ1) is 16.7.